The molecule has 2 unspecified atom stereocenters. The van der Waals surface area contributed by atoms with Crippen LogP contribution in [0.15, 0.2) is 18.2 Å². The van der Waals surface area contributed by atoms with Crippen molar-refractivity contribution in [1.29, 1.82) is 0 Å². The summed E-state index contributed by atoms with van der Waals surface area (Å²) in [5.74, 6) is -3.55. The van der Waals surface area contributed by atoms with Gasteiger partial charge in [0.25, 0.3) is 5.91 Å². The molecule has 108 valence electrons. The van der Waals surface area contributed by atoms with Gasteiger partial charge in [0.05, 0.1) is 11.0 Å². The van der Waals surface area contributed by atoms with Crippen LogP contribution >= 0.6 is 0 Å². The molecule has 0 aliphatic carbocycles. The molecule has 0 radical (unpaired) electrons. The second-order valence-electron chi connectivity index (χ2n) is 3.95. The number of aliphatic carboxylic acids is 1. The highest BCUT2D eigenvalue weighted by molar-refractivity contribution is 5.97. The van der Waals surface area contributed by atoms with Crippen molar-refractivity contribution >= 4 is 17.6 Å². The summed E-state index contributed by atoms with van der Waals surface area (Å²) in [5.41, 5.74) is -1.19. The van der Waals surface area contributed by atoms with Crippen LogP contribution in [0, 0.1) is 15.9 Å². The number of nitrogens with one attached hydrogen (secondary N) is 1. The summed E-state index contributed by atoms with van der Waals surface area (Å²) in [7, 11) is 0. The number of aliphatic hydroxyl groups is 1. The lowest BCUT2D eigenvalue weighted by atomic mass is 10.1. The molecule has 0 spiro atoms. The van der Waals surface area contributed by atoms with Crippen molar-refractivity contribution in [3.8, 4) is 0 Å². The topological polar surface area (TPSA) is 130 Å². The van der Waals surface area contributed by atoms with E-state index in [2.05, 4.69) is 0 Å². The molecule has 0 saturated heterocycles. The number of nitrogens with zero attached hydrogens (tertiary/aromatic N) is 1. The zero-order valence-corrected chi connectivity index (χ0v) is 10.2. The van der Waals surface area contributed by atoms with E-state index in [0.717, 1.165) is 19.1 Å². The van der Waals surface area contributed by atoms with E-state index >= 15 is 0 Å². The van der Waals surface area contributed by atoms with Gasteiger partial charge >= 0.3 is 11.7 Å². The van der Waals surface area contributed by atoms with E-state index in [1.165, 1.54) is 0 Å². The average Bonchev–Trinajstić information content (AvgIpc) is 2.34. The molecule has 20 heavy (non-hydrogen) atoms. The predicted molar refractivity (Wildman–Crippen MR) is 63.6 cm³/mol. The van der Waals surface area contributed by atoms with Gasteiger partial charge in [0.15, 0.2) is 6.04 Å². The molecule has 0 bridgehead atoms. The second kappa shape index (κ2) is 6.06. The minimum absolute atomic E-state index is 0.287. The Morgan fingerprint density at radius 2 is 2.05 bits per heavy atom. The standard InChI is InChI=1S/C11H11FN2O6/c1-5(15)9(11(17)18)13-10(16)6-2-3-7(12)8(4-6)14(19)20/h2-5,9,15H,1H3,(H,13,16)(H,17,18). The summed E-state index contributed by atoms with van der Waals surface area (Å²) in [5, 5.41) is 30.5. The van der Waals surface area contributed by atoms with Crippen LogP contribution in [0.2, 0.25) is 0 Å². The molecule has 2 atom stereocenters. The molecule has 0 aliphatic heterocycles. The van der Waals surface area contributed by atoms with Gasteiger partial charge in [-0.05, 0) is 19.1 Å². The van der Waals surface area contributed by atoms with Gasteiger partial charge in [0, 0.05) is 11.6 Å². The Kier molecular flexibility index (Phi) is 4.70. The van der Waals surface area contributed by atoms with Gasteiger partial charge in [-0.2, -0.15) is 4.39 Å². The lowest BCUT2D eigenvalue weighted by Gasteiger charge is -2.16. The van der Waals surface area contributed by atoms with Crippen LogP contribution in [0.4, 0.5) is 10.1 Å². The van der Waals surface area contributed by atoms with Gasteiger partial charge in [0.2, 0.25) is 5.82 Å². The van der Waals surface area contributed by atoms with Gasteiger partial charge in [-0.15, -0.1) is 0 Å². The van der Waals surface area contributed by atoms with Gasteiger partial charge in [-0.25, -0.2) is 4.79 Å². The Balaban J connectivity index is 3.01. The number of carboxylic acid groups (broad SMARTS) is 1. The van der Waals surface area contributed by atoms with E-state index in [0.29, 0.717) is 6.07 Å². The maximum Gasteiger partial charge on any atom is 0.328 e. The first kappa shape index (κ1) is 15.5. The number of halogens is 1. The van der Waals surface area contributed by atoms with Crippen LogP contribution in [0.1, 0.15) is 17.3 Å². The van der Waals surface area contributed by atoms with Crippen LogP contribution in [0.5, 0.6) is 0 Å². The first-order chi connectivity index (χ1) is 9.23. The number of hydrogen-bond donors (Lipinski definition) is 3. The molecule has 1 aromatic rings. The summed E-state index contributed by atoms with van der Waals surface area (Å²) >= 11 is 0. The molecule has 0 aromatic heterocycles. The van der Waals surface area contributed by atoms with Crippen LogP contribution in [0.25, 0.3) is 0 Å². The molecule has 1 rings (SSSR count). The van der Waals surface area contributed by atoms with Crippen molar-refractivity contribution in [3.05, 3.63) is 39.7 Å². The van der Waals surface area contributed by atoms with Gasteiger partial charge < -0.3 is 15.5 Å². The van der Waals surface area contributed by atoms with Gasteiger partial charge in [-0.1, -0.05) is 0 Å². The number of carbonyl (C=O) groups excluding carboxylic acids is 1. The minimum atomic E-state index is -1.58. The zero-order chi connectivity index (χ0) is 15.4. The first-order valence-corrected chi connectivity index (χ1v) is 5.39. The smallest absolute Gasteiger partial charge is 0.328 e. The van der Waals surface area contributed by atoms with E-state index in [9.17, 15) is 29.2 Å². The molecule has 0 aliphatic rings. The molecule has 1 aromatic carbocycles. The van der Waals surface area contributed by atoms with Gasteiger partial charge in [0.1, 0.15) is 0 Å². The monoisotopic (exact) mass is 286 g/mol. The van der Waals surface area contributed by atoms with Crippen LogP contribution < -0.4 is 5.32 Å². The fourth-order valence-electron chi connectivity index (χ4n) is 1.41. The Morgan fingerprint density at radius 1 is 1.45 bits per heavy atom. The normalized spacial score (nSPS) is 13.3. The lowest BCUT2D eigenvalue weighted by molar-refractivity contribution is -0.387. The van der Waals surface area contributed by atoms with E-state index in [1.54, 1.807) is 0 Å². The second-order valence-corrected chi connectivity index (χ2v) is 3.95. The zero-order valence-electron chi connectivity index (χ0n) is 10.2. The number of rotatable bonds is 5. The highest BCUT2D eigenvalue weighted by Crippen LogP contribution is 2.18. The predicted octanol–water partition coefficient (Wildman–Crippen LogP) is 0.298. The number of amides is 1. The molecule has 8 nitrogen and oxygen atoms in total. The highest BCUT2D eigenvalue weighted by Gasteiger charge is 2.26. The number of nitro groups is 1. The largest absolute Gasteiger partial charge is 0.480 e. The number of benzene rings is 1. The number of aliphatic hydroxyl groups excluding tert-OH is 1. The van der Waals surface area contributed by atoms with Crippen molar-refractivity contribution in [1.82, 2.24) is 5.32 Å². The highest BCUT2D eigenvalue weighted by atomic mass is 19.1. The molecule has 1 amide bonds. The average molecular weight is 286 g/mol. The minimum Gasteiger partial charge on any atom is -0.480 e. The number of carboxylic acids is 1. The Bertz CT molecular complexity index is 560. The van der Waals surface area contributed by atoms with Crippen LogP contribution in [-0.4, -0.2) is 39.2 Å². The number of nitro benzene ring substituents is 1. The van der Waals surface area contributed by atoms with Crippen molar-refractivity contribution in [3.63, 3.8) is 0 Å². The lowest BCUT2D eigenvalue weighted by Crippen LogP contribution is -2.47. The summed E-state index contributed by atoms with van der Waals surface area (Å²) in [4.78, 5) is 32.0. The third kappa shape index (κ3) is 3.48. The summed E-state index contributed by atoms with van der Waals surface area (Å²) < 4.78 is 13.1. The SMILES string of the molecule is CC(O)C(NC(=O)c1ccc(F)c([N+](=O)[O-])c1)C(=O)O. The van der Waals surface area contributed by atoms with Crippen molar-refractivity contribution < 1.29 is 29.1 Å². The molecular weight excluding hydrogens is 275 g/mol. The third-order valence-electron chi connectivity index (χ3n) is 2.44. The van der Waals surface area contributed by atoms with E-state index in [1.807, 2.05) is 5.32 Å². The quantitative estimate of drug-likeness (QED) is 0.527. The maximum absolute atomic E-state index is 13.1. The fourth-order valence-corrected chi connectivity index (χ4v) is 1.41. The van der Waals surface area contributed by atoms with E-state index in [4.69, 9.17) is 5.11 Å². The number of hydrogen-bond acceptors (Lipinski definition) is 5. The summed E-state index contributed by atoms with van der Waals surface area (Å²) in [6, 6.07) is 0.807. The molecule has 0 fully saturated rings. The molecule has 9 heteroatoms. The van der Waals surface area contributed by atoms with Crippen LogP contribution in [0.3, 0.4) is 0 Å². The van der Waals surface area contributed by atoms with E-state index < -0.39 is 40.5 Å². The maximum atomic E-state index is 13.1. The fraction of sp³-hybridized carbons (Fsp3) is 0.273. The molecule has 0 heterocycles. The molecule has 0 saturated carbocycles. The summed E-state index contributed by atoms with van der Waals surface area (Å²) in [6.45, 7) is 1.16. The Labute approximate surface area is 112 Å². The molecular formula is C11H11FN2O6. The third-order valence-corrected chi connectivity index (χ3v) is 2.44. The Morgan fingerprint density at radius 3 is 2.50 bits per heavy atom. The van der Waals surface area contributed by atoms with Crippen molar-refractivity contribution in [2.24, 2.45) is 0 Å². The molecule has 3 N–H and O–H groups in total. The Hall–Kier alpha value is -2.55. The van der Waals surface area contributed by atoms with E-state index in [-0.39, 0.29) is 5.56 Å². The van der Waals surface area contributed by atoms with Gasteiger partial charge in [-0.3, -0.25) is 14.9 Å². The van der Waals surface area contributed by atoms with Crippen molar-refractivity contribution in [2.45, 2.75) is 19.1 Å². The number of carbonyl (C=O) groups is 2. The summed E-state index contributed by atoms with van der Waals surface area (Å²) in [6.07, 6.45) is -1.37. The van der Waals surface area contributed by atoms with Crippen molar-refractivity contribution in [2.75, 3.05) is 0 Å². The van der Waals surface area contributed by atoms with Crippen LogP contribution in [-0.2, 0) is 4.79 Å². The first-order valence-electron chi connectivity index (χ1n) is 5.39.